The number of imidazole rings is 1. The van der Waals surface area contributed by atoms with E-state index < -0.39 is 0 Å². The number of fused-ring (bicyclic) bond motifs is 1. The first-order valence-electron chi connectivity index (χ1n) is 7.89. The monoisotopic (exact) mass is 336 g/mol. The zero-order chi connectivity index (χ0) is 17.1. The van der Waals surface area contributed by atoms with Gasteiger partial charge in [-0.3, -0.25) is 0 Å². The molecule has 1 aromatic carbocycles. The minimum atomic E-state index is 0.0664. The molecule has 126 valence electrons. The van der Waals surface area contributed by atoms with Crippen LogP contribution in [0.2, 0.25) is 0 Å². The van der Waals surface area contributed by atoms with Crippen LogP contribution in [-0.4, -0.2) is 43.0 Å². The number of aromatic nitrogens is 5. The maximum absolute atomic E-state index is 8.78. The van der Waals surface area contributed by atoms with Crippen LogP contribution in [0.25, 0.3) is 28.3 Å². The van der Waals surface area contributed by atoms with Crippen LogP contribution in [0.15, 0.2) is 53.3 Å². The fraction of sp³-hybridized carbons (Fsp3) is 0.176. The van der Waals surface area contributed by atoms with Crippen molar-refractivity contribution in [2.45, 2.75) is 6.54 Å². The Bertz CT molecular complexity index is 960. The highest BCUT2D eigenvalue weighted by molar-refractivity contribution is 5.69. The highest BCUT2D eigenvalue weighted by Crippen LogP contribution is 2.24. The van der Waals surface area contributed by atoms with Crippen LogP contribution >= 0.6 is 0 Å². The molecule has 0 spiro atoms. The fourth-order valence-electron chi connectivity index (χ4n) is 2.51. The molecule has 3 aromatic heterocycles. The molecule has 0 aliphatic heterocycles. The predicted octanol–water partition coefficient (Wildman–Crippen LogP) is 1.53. The first-order valence-corrected chi connectivity index (χ1v) is 7.89. The number of aliphatic hydroxyl groups is 1. The van der Waals surface area contributed by atoms with Gasteiger partial charge in [0.05, 0.1) is 25.0 Å². The largest absolute Gasteiger partial charge is 0.395 e. The van der Waals surface area contributed by atoms with Gasteiger partial charge in [0.2, 0.25) is 11.7 Å². The Balaban J connectivity index is 1.61. The number of hydrogen-bond acceptors (Lipinski definition) is 7. The average molecular weight is 336 g/mol. The third kappa shape index (κ3) is 3.25. The smallest absolute Gasteiger partial charge is 0.240 e. The SMILES string of the molecule is OCCNCc1nc(-c2cccc(-c3cn4ncccc4n3)c2)no1. The number of aliphatic hydroxyl groups excluding tert-OH is 1. The second-order valence-corrected chi connectivity index (χ2v) is 5.45. The molecular weight excluding hydrogens is 320 g/mol. The molecule has 2 N–H and O–H groups in total. The van der Waals surface area contributed by atoms with Crippen molar-refractivity contribution >= 4 is 5.65 Å². The van der Waals surface area contributed by atoms with Crippen LogP contribution < -0.4 is 5.32 Å². The van der Waals surface area contributed by atoms with Crippen LogP contribution in [0.4, 0.5) is 0 Å². The lowest BCUT2D eigenvalue weighted by molar-refractivity contribution is 0.286. The molecule has 0 saturated heterocycles. The van der Waals surface area contributed by atoms with E-state index in [0.717, 1.165) is 22.5 Å². The van der Waals surface area contributed by atoms with E-state index in [9.17, 15) is 0 Å². The van der Waals surface area contributed by atoms with Gasteiger partial charge in [-0.1, -0.05) is 23.4 Å². The molecule has 0 fully saturated rings. The van der Waals surface area contributed by atoms with Crippen molar-refractivity contribution in [3.8, 4) is 22.6 Å². The minimum absolute atomic E-state index is 0.0664. The first kappa shape index (κ1) is 15.4. The molecule has 0 saturated carbocycles. The molecule has 4 rings (SSSR count). The quantitative estimate of drug-likeness (QED) is 0.515. The van der Waals surface area contributed by atoms with Crippen LogP contribution in [0.1, 0.15) is 5.89 Å². The zero-order valence-electron chi connectivity index (χ0n) is 13.3. The number of hydrogen-bond donors (Lipinski definition) is 2. The Kier molecular flexibility index (Phi) is 4.19. The molecule has 0 aliphatic carbocycles. The Morgan fingerprint density at radius 3 is 2.92 bits per heavy atom. The topological polar surface area (TPSA) is 101 Å². The molecule has 0 bridgehead atoms. The summed E-state index contributed by atoms with van der Waals surface area (Å²) in [7, 11) is 0. The molecule has 0 amide bonds. The average Bonchev–Trinajstić information content (AvgIpc) is 3.29. The van der Waals surface area contributed by atoms with Crippen molar-refractivity contribution in [2.75, 3.05) is 13.2 Å². The van der Waals surface area contributed by atoms with Crippen molar-refractivity contribution in [1.29, 1.82) is 0 Å². The summed E-state index contributed by atoms with van der Waals surface area (Å²) in [6.45, 7) is 0.970. The summed E-state index contributed by atoms with van der Waals surface area (Å²) in [5.41, 5.74) is 3.42. The number of nitrogens with zero attached hydrogens (tertiary/aromatic N) is 5. The third-order valence-corrected chi connectivity index (χ3v) is 3.69. The fourth-order valence-corrected chi connectivity index (χ4v) is 2.51. The summed E-state index contributed by atoms with van der Waals surface area (Å²) in [4.78, 5) is 8.95. The minimum Gasteiger partial charge on any atom is -0.395 e. The first-order chi connectivity index (χ1) is 12.3. The number of nitrogens with one attached hydrogen (secondary N) is 1. The van der Waals surface area contributed by atoms with Crippen molar-refractivity contribution in [3.63, 3.8) is 0 Å². The molecule has 0 aliphatic rings. The molecule has 8 nitrogen and oxygen atoms in total. The van der Waals surface area contributed by atoms with Gasteiger partial charge in [-0.05, 0) is 18.2 Å². The van der Waals surface area contributed by atoms with Gasteiger partial charge in [-0.25, -0.2) is 9.50 Å². The van der Waals surface area contributed by atoms with E-state index in [0.29, 0.717) is 24.8 Å². The Hall–Kier alpha value is -3.10. The van der Waals surface area contributed by atoms with Crippen molar-refractivity contribution in [3.05, 3.63) is 54.7 Å². The lowest BCUT2D eigenvalue weighted by atomic mass is 10.1. The summed E-state index contributed by atoms with van der Waals surface area (Å²) >= 11 is 0. The van der Waals surface area contributed by atoms with Gasteiger partial charge in [0.25, 0.3) is 0 Å². The van der Waals surface area contributed by atoms with Crippen LogP contribution in [0.5, 0.6) is 0 Å². The maximum atomic E-state index is 8.78. The van der Waals surface area contributed by atoms with Gasteiger partial charge in [-0.2, -0.15) is 10.1 Å². The van der Waals surface area contributed by atoms with Crippen molar-refractivity contribution in [2.24, 2.45) is 0 Å². The molecule has 25 heavy (non-hydrogen) atoms. The third-order valence-electron chi connectivity index (χ3n) is 3.69. The Labute approximate surface area is 143 Å². The van der Waals surface area contributed by atoms with Gasteiger partial charge < -0.3 is 14.9 Å². The van der Waals surface area contributed by atoms with Gasteiger partial charge in [0, 0.05) is 23.9 Å². The van der Waals surface area contributed by atoms with E-state index in [2.05, 4.69) is 25.5 Å². The lowest BCUT2D eigenvalue weighted by Crippen LogP contribution is -2.17. The van der Waals surface area contributed by atoms with Gasteiger partial charge in [0.1, 0.15) is 0 Å². The van der Waals surface area contributed by atoms with E-state index in [1.165, 1.54) is 0 Å². The molecule has 4 aromatic rings. The number of benzene rings is 1. The number of rotatable bonds is 6. The van der Waals surface area contributed by atoms with Gasteiger partial charge in [0.15, 0.2) is 5.65 Å². The lowest BCUT2D eigenvalue weighted by Gasteiger charge is -1.99. The van der Waals surface area contributed by atoms with E-state index in [4.69, 9.17) is 9.63 Å². The second-order valence-electron chi connectivity index (χ2n) is 5.45. The van der Waals surface area contributed by atoms with E-state index in [-0.39, 0.29) is 6.61 Å². The van der Waals surface area contributed by atoms with E-state index >= 15 is 0 Å². The molecule has 0 atom stereocenters. The van der Waals surface area contributed by atoms with Crippen molar-refractivity contribution < 1.29 is 9.63 Å². The summed E-state index contributed by atoms with van der Waals surface area (Å²) < 4.78 is 6.96. The highest BCUT2D eigenvalue weighted by atomic mass is 16.5. The molecule has 0 radical (unpaired) electrons. The molecule has 3 heterocycles. The predicted molar refractivity (Wildman–Crippen MR) is 90.5 cm³/mol. The van der Waals surface area contributed by atoms with Crippen LogP contribution in [0.3, 0.4) is 0 Å². The van der Waals surface area contributed by atoms with E-state index in [1.807, 2.05) is 42.6 Å². The summed E-state index contributed by atoms with van der Waals surface area (Å²) in [5, 5.41) is 20.0. The Morgan fingerprint density at radius 2 is 2.04 bits per heavy atom. The summed E-state index contributed by atoms with van der Waals surface area (Å²) in [5.74, 6) is 0.996. The standard InChI is InChI=1S/C17H16N6O2/c24-8-7-18-10-16-21-17(22-25-16)13-4-1-3-12(9-13)14-11-23-15(20-14)5-2-6-19-23/h1-6,9,11,18,24H,7-8,10H2. The van der Waals surface area contributed by atoms with Crippen LogP contribution in [-0.2, 0) is 6.54 Å². The molecule has 8 heteroatoms. The molecule has 0 unspecified atom stereocenters. The zero-order valence-corrected chi connectivity index (χ0v) is 13.3. The van der Waals surface area contributed by atoms with Gasteiger partial charge in [-0.15, -0.1) is 0 Å². The van der Waals surface area contributed by atoms with E-state index in [1.54, 1.807) is 10.7 Å². The molecular formula is C17H16N6O2. The second kappa shape index (κ2) is 6.80. The summed E-state index contributed by atoms with van der Waals surface area (Å²) in [6, 6.07) is 11.6. The maximum Gasteiger partial charge on any atom is 0.240 e. The van der Waals surface area contributed by atoms with Crippen molar-refractivity contribution in [1.82, 2.24) is 30.1 Å². The normalized spacial score (nSPS) is 11.2. The van der Waals surface area contributed by atoms with Gasteiger partial charge >= 0.3 is 0 Å². The summed E-state index contributed by atoms with van der Waals surface area (Å²) in [6.07, 6.45) is 3.61. The highest BCUT2D eigenvalue weighted by Gasteiger charge is 2.11. The Morgan fingerprint density at radius 1 is 1.12 bits per heavy atom. The van der Waals surface area contributed by atoms with Crippen LogP contribution in [0, 0.1) is 0 Å².